The molecule has 74 valence electrons. The molecule has 1 N–H and O–H groups in total. The molecule has 0 amide bonds. The number of fused-ring (bicyclic) bond motifs is 1. The molecule has 1 unspecified atom stereocenters. The second kappa shape index (κ2) is 2.71. The Morgan fingerprint density at radius 2 is 2.15 bits per heavy atom. The molecule has 2 saturated heterocycles. The third-order valence-corrected chi connectivity index (χ3v) is 3.29. The van der Waals surface area contributed by atoms with Crippen LogP contribution in [0.1, 0.15) is 33.6 Å². The molecule has 3 nitrogen and oxygen atoms in total. The lowest BCUT2D eigenvalue weighted by Crippen LogP contribution is -2.49. The Hall–Kier alpha value is -0.570. The predicted molar refractivity (Wildman–Crippen MR) is 49.3 cm³/mol. The van der Waals surface area contributed by atoms with Crippen LogP contribution < -0.4 is 5.32 Å². The van der Waals surface area contributed by atoms with Crippen LogP contribution in [0.3, 0.4) is 0 Å². The molecule has 13 heavy (non-hydrogen) atoms. The van der Waals surface area contributed by atoms with Gasteiger partial charge >= 0.3 is 5.97 Å². The summed E-state index contributed by atoms with van der Waals surface area (Å²) in [5.74, 6) is 0.290. The summed E-state index contributed by atoms with van der Waals surface area (Å²) in [5.41, 5.74) is -0.269. The normalized spacial score (nSPS) is 42.7. The minimum atomic E-state index is -0.269. The zero-order chi connectivity index (χ0) is 9.64. The predicted octanol–water partition coefficient (Wildman–Crippen LogP) is 1.08. The average Bonchev–Trinajstić information content (AvgIpc) is 2.22. The lowest BCUT2D eigenvalue weighted by molar-refractivity contribution is -0.147. The summed E-state index contributed by atoms with van der Waals surface area (Å²) < 4.78 is 5.34. The minimum absolute atomic E-state index is 0.0567. The molecule has 0 aromatic rings. The van der Waals surface area contributed by atoms with Gasteiger partial charge in [-0.2, -0.15) is 0 Å². The van der Waals surface area contributed by atoms with Gasteiger partial charge in [-0.25, -0.2) is 0 Å². The highest BCUT2D eigenvalue weighted by atomic mass is 16.6. The molecule has 0 spiro atoms. The first-order valence-electron chi connectivity index (χ1n) is 4.99. The van der Waals surface area contributed by atoms with E-state index < -0.39 is 0 Å². The zero-order valence-electron chi connectivity index (χ0n) is 8.46. The van der Waals surface area contributed by atoms with Crippen LogP contribution in [0.2, 0.25) is 0 Å². The lowest BCUT2D eigenvalue weighted by Gasteiger charge is -2.33. The molecule has 2 heterocycles. The Labute approximate surface area is 78.8 Å². The van der Waals surface area contributed by atoms with Gasteiger partial charge in [-0.05, 0) is 33.6 Å². The minimum Gasteiger partial charge on any atom is -0.458 e. The highest BCUT2D eigenvalue weighted by Crippen LogP contribution is 2.38. The molecule has 0 bridgehead atoms. The number of hydrogen-bond donors (Lipinski definition) is 1. The van der Waals surface area contributed by atoms with Gasteiger partial charge in [-0.3, -0.25) is 4.79 Å². The van der Waals surface area contributed by atoms with Crippen LogP contribution in [-0.4, -0.2) is 23.7 Å². The Kier molecular flexibility index (Phi) is 1.88. The van der Waals surface area contributed by atoms with E-state index in [0.29, 0.717) is 12.0 Å². The Bertz CT molecular complexity index is 237. The van der Waals surface area contributed by atoms with Crippen molar-refractivity contribution in [2.24, 2.45) is 5.92 Å². The van der Waals surface area contributed by atoms with E-state index in [4.69, 9.17) is 4.74 Å². The van der Waals surface area contributed by atoms with E-state index in [0.717, 1.165) is 12.8 Å². The highest BCUT2D eigenvalue weighted by Gasteiger charge is 2.51. The molecule has 2 aliphatic heterocycles. The number of rotatable bonds is 0. The standard InChI is InChI=1S/C10H17NO2/c1-6-4-5-7-8(11-6)9(12)13-10(7,2)3/h6-8,11H,4-5H2,1-3H3/t6?,7-,8-/m0/s1. The maximum atomic E-state index is 11.5. The number of piperidine rings is 1. The first-order chi connectivity index (χ1) is 6.00. The van der Waals surface area contributed by atoms with Gasteiger partial charge in [0.15, 0.2) is 0 Å². The second-order valence-electron chi connectivity index (χ2n) is 4.75. The van der Waals surface area contributed by atoms with Gasteiger partial charge < -0.3 is 10.1 Å². The molecule has 3 heteroatoms. The van der Waals surface area contributed by atoms with Crippen molar-refractivity contribution in [3.63, 3.8) is 0 Å². The van der Waals surface area contributed by atoms with Crippen LogP contribution >= 0.6 is 0 Å². The fraction of sp³-hybridized carbons (Fsp3) is 0.900. The molecule has 0 saturated carbocycles. The van der Waals surface area contributed by atoms with E-state index >= 15 is 0 Å². The van der Waals surface area contributed by atoms with Crippen molar-refractivity contribution in [1.29, 1.82) is 0 Å². The first kappa shape index (κ1) is 9.00. The van der Waals surface area contributed by atoms with Gasteiger partial charge in [0, 0.05) is 12.0 Å². The van der Waals surface area contributed by atoms with Gasteiger partial charge in [0.1, 0.15) is 11.6 Å². The topological polar surface area (TPSA) is 38.3 Å². The van der Waals surface area contributed by atoms with Crippen LogP contribution in [0.15, 0.2) is 0 Å². The Morgan fingerprint density at radius 1 is 1.46 bits per heavy atom. The molecule has 2 fully saturated rings. The van der Waals surface area contributed by atoms with Crippen LogP contribution in [0.5, 0.6) is 0 Å². The van der Waals surface area contributed by atoms with Crippen molar-refractivity contribution in [3.05, 3.63) is 0 Å². The van der Waals surface area contributed by atoms with Crippen LogP contribution in [-0.2, 0) is 9.53 Å². The van der Waals surface area contributed by atoms with Gasteiger partial charge in [-0.1, -0.05) is 0 Å². The van der Waals surface area contributed by atoms with Gasteiger partial charge in [-0.15, -0.1) is 0 Å². The van der Waals surface area contributed by atoms with Gasteiger partial charge in [0.2, 0.25) is 0 Å². The van der Waals surface area contributed by atoms with Crippen molar-refractivity contribution in [3.8, 4) is 0 Å². The number of cyclic esters (lactones) is 1. The lowest BCUT2D eigenvalue weighted by atomic mass is 9.80. The summed E-state index contributed by atoms with van der Waals surface area (Å²) >= 11 is 0. The number of nitrogens with one attached hydrogen (secondary N) is 1. The smallest absolute Gasteiger partial charge is 0.324 e. The average molecular weight is 183 g/mol. The fourth-order valence-corrected chi connectivity index (χ4v) is 2.48. The van der Waals surface area contributed by atoms with Crippen LogP contribution in [0.4, 0.5) is 0 Å². The molecule has 0 aliphatic carbocycles. The van der Waals surface area contributed by atoms with E-state index in [-0.39, 0.29) is 17.6 Å². The van der Waals surface area contributed by atoms with E-state index in [1.807, 2.05) is 13.8 Å². The van der Waals surface area contributed by atoms with Crippen LogP contribution in [0, 0.1) is 5.92 Å². The second-order valence-corrected chi connectivity index (χ2v) is 4.75. The highest BCUT2D eigenvalue weighted by molar-refractivity contribution is 5.79. The summed E-state index contributed by atoms with van der Waals surface area (Å²) in [4.78, 5) is 11.5. The number of hydrogen-bond acceptors (Lipinski definition) is 3. The first-order valence-corrected chi connectivity index (χ1v) is 4.99. The number of carbonyl (C=O) groups is 1. The monoisotopic (exact) mass is 183 g/mol. The van der Waals surface area contributed by atoms with E-state index in [9.17, 15) is 4.79 Å². The summed E-state index contributed by atoms with van der Waals surface area (Å²) in [5, 5.41) is 3.31. The zero-order valence-corrected chi connectivity index (χ0v) is 8.46. The molecule has 3 atom stereocenters. The van der Waals surface area contributed by atoms with Crippen molar-refractivity contribution < 1.29 is 9.53 Å². The Morgan fingerprint density at radius 3 is 2.85 bits per heavy atom. The van der Waals surface area contributed by atoms with Crippen molar-refractivity contribution in [2.45, 2.75) is 51.3 Å². The summed E-state index contributed by atoms with van der Waals surface area (Å²) in [6, 6.07) is 0.390. The number of carbonyl (C=O) groups excluding carboxylic acids is 1. The molecule has 0 aromatic heterocycles. The number of esters is 1. The largest absolute Gasteiger partial charge is 0.458 e. The van der Waals surface area contributed by atoms with Crippen molar-refractivity contribution >= 4 is 5.97 Å². The fourth-order valence-electron chi connectivity index (χ4n) is 2.48. The summed E-state index contributed by atoms with van der Waals surface area (Å²) in [6.07, 6.45) is 2.23. The molecule has 0 radical (unpaired) electrons. The molecular weight excluding hydrogens is 166 g/mol. The van der Waals surface area contributed by atoms with E-state index in [2.05, 4.69) is 12.2 Å². The van der Waals surface area contributed by atoms with Crippen molar-refractivity contribution in [2.75, 3.05) is 0 Å². The third kappa shape index (κ3) is 1.35. The van der Waals surface area contributed by atoms with Crippen molar-refractivity contribution in [1.82, 2.24) is 5.32 Å². The Balaban J connectivity index is 2.20. The van der Waals surface area contributed by atoms with E-state index in [1.54, 1.807) is 0 Å². The third-order valence-electron chi connectivity index (χ3n) is 3.29. The molecule has 0 aromatic carbocycles. The molecule has 2 rings (SSSR count). The summed E-state index contributed by atoms with van der Waals surface area (Å²) in [6.45, 7) is 6.13. The van der Waals surface area contributed by atoms with Crippen LogP contribution in [0.25, 0.3) is 0 Å². The molecule has 2 aliphatic rings. The SMILES string of the molecule is CC1CC[C@H]2[C@H](N1)C(=O)OC2(C)C. The maximum absolute atomic E-state index is 11.5. The molecular formula is C10H17NO2. The quantitative estimate of drug-likeness (QED) is 0.571. The van der Waals surface area contributed by atoms with Gasteiger partial charge in [0.05, 0.1) is 0 Å². The maximum Gasteiger partial charge on any atom is 0.324 e. The number of ether oxygens (including phenoxy) is 1. The summed E-state index contributed by atoms with van der Waals surface area (Å²) in [7, 11) is 0. The van der Waals surface area contributed by atoms with Gasteiger partial charge in [0.25, 0.3) is 0 Å². The van der Waals surface area contributed by atoms with E-state index in [1.165, 1.54) is 0 Å².